The van der Waals surface area contributed by atoms with Gasteiger partial charge in [0.05, 0.1) is 5.69 Å². The van der Waals surface area contributed by atoms with Crippen molar-refractivity contribution in [3.63, 3.8) is 0 Å². The molecule has 4 heteroatoms. The molecular formula is C18H27N3O. The highest BCUT2D eigenvalue weighted by atomic mass is 16.3. The van der Waals surface area contributed by atoms with E-state index in [9.17, 15) is 5.11 Å². The van der Waals surface area contributed by atoms with E-state index in [-0.39, 0.29) is 5.41 Å². The standard InChI is InChI=1S/C18H27N3O/c1-3-6-18(14-22)7-4-8-20(13-18)11-16-12-21-9-5-15(2)10-17(21)19-16/h5,9-10,12,22H,3-4,6-8,11,13-14H2,1-2H3. The van der Waals surface area contributed by atoms with Gasteiger partial charge in [0.1, 0.15) is 5.65 Å². The fraction of sp³-hybridized carbons (Fsp3) is 0.611. The largest absolute Gasteiger partial charge is 0.396 e. The van der Waals surface area contributed by atoms with E-state index in [0.717, 1.165) is 50.2 Å². The van der Waals surface area contributed by atoms with Crippen molar-refractivity contribution in [2.45, 2.75) is 46.1 Å². The summed E-state index contributed by atoms with van der Waals surface area (Å²) in [6.45, 7) is 7.59. The third-order valence-corrected chi connectivity index (χ3v) is 4.91. The highest BCUT2D eigenvalue weighted by Gasteiger charge is 2.34. The Balaban J connectivity index is 1.73. The van der Waals surface area contributed by atoms with Crippen molar-refractivity contribution in [1.82, 2.24) is 14.3 Å². The highest BCUT2D eigenvalue weighted by molar-refractivity contribution is 5.42. The first-order valence-corrected chi connectivity index (χ1v) is 8.42. The molecule has 1 saturated heterocycles. The number of fused-ring (bicyclic) bond motifs is 1. The zero-order chi connectivity index (χ0) is 15.6. The van der Waals surface area contributed by atoms with Crippen LogP contribution in [0.4, 0.5) is 0 Å². The summed E-state index contributed by atoms with van der Waals surface area (Å²) in [5.74, 6) is 0. The first-order valence-electron chi connectivity index (χ1n) is 8.42. The SMILES string of the molecule is CCCC1(CO)CCCN(Cc2cn3ccc(C)cc3n2)C1. The Morgan fingerprint density at radius 1 is 1.41 bits per heavy atom. The first-order chi connectivity index (χ1) is 10.6. The molecule has 120 valence electrons. The van der Waals surface area contributed by atoms with E-state index < -0.39 is 0 Å². The second-order valence-corrected chi connectivity index (χ2v) is 6.92. The van der Waals surface area contributed by atoms with E-state index >= 15 is 0 Å². The number of imidazole rings is 1. The summed E-state index contributed by atoms with van der Waals surface area (Å²) in [6, 6.07) is 4.23. The molecule has 3 rings (SSSR count). The monoisotopic (exact) mass is 301 g/mol. The molecule has 4 nitrogen and oxygen atoms in total. The lowest BCUT2D eigenvalue weighted by molar-refractivity contribution is 0.0212. The van der Waals surface area contributed by atoms with Crippen molar-refractivity contribution in [3.8, 4) is 0 Å². The number of aryl methyl sites for hydroxylation is 1. The van der Waals surface area contributed by atoms with Crippen LogP contribution in [0.5, 0.6) is 0 Å². The molecule has 0 radical (unpaired) electrons. The molecule has 1 atom stereocenters. The summed E-state index contributed by atoms with van der Waals surface area (Å²) >= 11 is 0. The third kappa shape index (κ3) is 3.18. The number of nitrogens with zero attached hydrogens (tertiary/aromatic N) is 3. The smallest absolute Gasteiger partial charge is 0.137 e. The number of piperidine rings is 1. The molecule has 1 unspecified atom stereocenters. The molecule has 0 aliphatic carbocycles. The van der Waals surface area contributed by atoms with Crippen molar-refractivity contribution in [3.05, 3.63) is 35.8 Å². The van der Waals surface area contributed by atoms with Crippen LogP contribution in [0, 0.1) is 12.3 Å². The molecule has 2 aromatic rings. The molecule has 1 N–H and O–H groups in total. The highest BCUT2D eigenvalue weighted by Crippen LogP contribution is 2.34. The maximum atomic E-state index is 9.85. The van der Waals surface area contributed by atoms with Crippen LogP contribution in [0.2, 0.25) is 0 Å². The number of likely N-dealkylation sites (tertiary alicyclic amines) is 1. The summed E-state index contributed by atoms with van der Waals surface area (Å²) < 4.78 is 2.09. The van der Waals surface area contributed by atoms with Crippen molar-refractivity contribution in [2.24, 2.45) is 5.41 Å². The van der Waals surface area contributed by atoms with Crippen molar-refractivity contribution >= 4 is 5.65 Å². The van der Waals surface area contributed by atoms with Crippen molar-refractivity contribution in [1.29, 1.82) is 0 Å². The lowest BCUT2D eigenvalue weighted by atomic mass is 9.77. The Labute approximate surface area is 132 Å². The minimum absolute atomic E-state index is 0.0999. The minimum atomic E-state index is 0.0999. The van der Waals surface area contributed by atoms with Crippen LogP contribution in [-0.2, 0) is 6.54 Å². The van der Waals surface area contributed by atoms with Gasteiger partial charge in [-0.05, 0) is 50.4 Å². The van der Waals surface area contributed by atoms with Gasteiger partial charge in [0.25, 0.3) is 0 Å². The van der Waals surface area contributed by atoms with E-state index in [0.29, 0.717) is 6.61 Å². The van der Waals surface area contributed by atoms with Crippen LogP contribution in [0.15, 0.2) is 24.5 Å². The Morgan fingerprint density at radius 3 is 3.05 bits per heavy atom. The summed E-state index contributed by atoms with van der Waals surface area (Å²) in [5, 5.41) is 9.85. The Morgan fingerprint density at radius 2 is 2.27 bits per heavy atom. The first kappa shape index (κ1) is 15.5. The van der Waals surface area contributed by atoms with Crippen LogP contribution in [0.3, 0.4) is 0 Å². The second-order valence-electron chi connectivity index (χ2n) is 6.92. The van der Waals surface area contributed by atoms with Crippen LogP contribution in [-0.4, -0.2) is 39.1 Å². The Bertz CT molecular complexity index is 632. The fourth-order valence-electron chi connectivity index (χ4n) is 3.83. The molecule has 1 aliphatic heterocycles. The quantitative estimate of drug-likeness (QED) is 0.923. The van der Waals surface area contributed by atoms with Crippen LogP contribution >= 0.6 is 0 Å². The predicted molar refractivity (Wildman–Crippen MR) is 88.9 cm³/mol. The van der Waals surface area contributed by atoms with Crippen LogP contribution in [0.25, 0.3) is 5.65 Å². The summed E-state index contributed by atoms with van der Waals surface area (Å²) in [6.07, 6.45) is 8.79. The van der Waals surface area contributed by atoms with E-state index in [2.05, 4.69) is 47.7 Å². The number of aliphatic hydroxyl groups is 1. The maximum absolute atomic E-state index is 9.85. The summed E-state index contributed by atoms with van der Waals surface area (Å²) in [7, 11) is 0. The van der Waals surface area contributed by atoms with E-state index in [1.807, 2.05) is 0 Å². The van der Waals surface area contributed by atoms with Crippen molar-refractivity contribution < 1.29 is 5.11 Å². The Kier molecular flexibility index (Phi) is 4.50. The second kappa shape index (κ2) is 6.39. The third-order valence-electron chi connectivity index (χ3n) is 4.91. The lowest BCUT2D eigenvalue weighted by Gasteiger charge is -2.41. The molecule has 3 heterocycles. The van der Waals surface area contributed by atoms with Gasteiger partial charge in [0.15, 0.2) is 0 Å². The molecule has 22 heavy (non-hydrogen) atoms. The van der Waals surface area contributed by atoms with Gasteiger partial charge in [0.2, 0.25) is 0 Å². The maximum Gasteiger partial charge on any atom is 0.137 e. The fourth-order valence-corrected chi connectivity index (χ4v) is 3.83. The molecule has 1 fully saturated rings. The average molecular weight is 301 g/mol. The molecule has 2 aromatic heterocycles. The number of aromatic nitrogens is 2. The van der Waals surface area contributed by atoms with Gasteiger partial charge in [-0.1, -0.05) is 13.3 Å². The number of rotatable bonds is 5. The van der Waals surface area contributed by atoms with Gasteiger partial charge in [-0.25, -0.2) is 4.98 Å². The van der Waals surface area contributed by atoms with Gasteiger partial charge in [-0.3, -0.25) is 4.90 Å². The molecular weight excluding hydrogens is 274 g/mol. The van der Waals surface area contributed by atoms with Gasteiger partial charge in [0, 0.05) is 37.5 Å². The van der Waals surface area contributed by atoms with Crippen molar-refractivity contribution in [2.75, 3.05) is 19.7 Å². The van der Waals surface area contributed by atoms with Crippen LogP contribution in [0.1, 0.15) is 43.9 Å². The molecule has 0 amide bonds. The minimum Gasteiger partial charge on any atom is -0.396 e. The number of hydrogen-bond donors (Lipinski definition) is 1. The topological polar surface area (TPSA) is 40.8 Å². The van der Waals surface area contributed by atoms with Gasteiger partial charge in [-0.2, -0.15) is 0 Å². The molecule has 0 saturated carbocycles. The lowest BCUT2D eigenvalue weighted by Crippen LogP contribution is -2.44. The van der Waals surface area contributed by atoms with Gasteiger partial charge in [-0.15, -0.1) is 0 Å². The Hall–Kier alpha value is -1.39. The van der Waals surface area contributed by atoms with E-state index in [4.69, 9.17) is 4.98 Å². The number of aliphatic hydroxyl groups excluding tert-OH is 1. The summed E-state index contributed by atoms with van der Waals surface area (Å²) in [4.78, 5) is 7.21. The summed E-state index contributed by atoms with van der Waals surface area (Å²) in [5.41, 5.74) is 3.48. The van der Waals surface area contributed by atoms with Gasteiger partial charge < -0.3 is 9.51 Å². The normalized spacial score (nSPS) is 23.2. The van der Waals surface area contributed by atoms with E-state index in [1.54, 1.807) is 0 Å². The molecule has 0 spiro atoms. The predicted octanol–water partition coefficient (Wildman–Crippen LogP) is 3.02. The molecule has 1 aliphatic rings. The zero-order valence-electron chi connectivity index (χ0n) is 13.8. The zero-order valence-corrected chi connectivity index (χ0v) is 13.8. The average Bonchev–Trinajstić information content (AvgIpc) is 2.89. The molecule has 0 bridgehead atoms. The van der Waals surface area contributed by atoms with E-state index in [1.165, 1.54) is 12.0 Å². The number of pyridine rings is 1. The van der Waals surface area contributed by atoms with Crippen LogP contribution < -0.4 is 0 Å². The number of hydrogen-bond acceptors (Lipinski definition) is 3. The molecule has 0 aromatic carbocycles. The van der Waals surface area contributed by atoms with Gasteiger partial charge >= 0.3 is 0 Å².